The van der Waals surface area contributed by atoms with E-state index in [9.17, 15) is 9.18 Å². The second kappa shape index (κ2) is 5.68. The second-order valence-corrected chi connectivity index (χ2v) is 5.21. The fourth-order valence-corrected chi connectivity index (χ4v) is 2.73. The third-order valence-corrected chi connectivity index (χ3v) is 3.92. The highest BCUT2D eigenvalue weighted by atomic mass is 19.1. The van der Waals surface area contributed by atoms with E-state index in [0.29, 0.717) is 31.5 Å². The van der Waals surface area contributed by atoms with Crippen molar-refractivity contribution < 1.29 is 13.9 Å². The van der Waals surface area contributed by atoms with Crippen molar-refractivity contribution in [1.82, 2.24) is 4.98 Å². The molecule has 0 amide bonds. The summed E-state index contributed by atoms with van der Waals surface area (Å²) in [5, 5.41) is 0.768. The minimum atomic E-state index is -0.700. The SMILES string of the molecule is COC(=O)c1ccnc2ccc(N3CCC(F)CC3)cc12. The van der Waals surface area contributed by atoms with E-state index in [1.54, 1.807) is 12.3 Å². The quantitative estimate of drug-likeness (QED) is 0.797. The number of fused-ring (bicyclic) bond motifs is 1. The average molecular weight is 288 g/mol. The van der Waals surface area contributed by atoms with Crippen molar-refractivity contribution in [2.45, 2.75) is 19.0 Å². The Balaban J connectivity index is 2.00. The molecule has 0 N–H and O–H groups in total. The summed E-state index contributed by atoms with van der Waals surface area (Å²) < 4.78 is 18.1. The number of aromatic nitrogens is 1. The first kappa shape index (κ1) is 13.8. The van der Waals surface area contributed by atoms with Crippen LogP contribution in [0.2, 0.25) is 0 Å². The summed E-state index contributed by atoms with van der Waals surface area (Å²) in [6.07, 6.45) is 2.00. The summed E-state index contributed by atoms with van der Waals surface area (Å²) in [6, 6.07) is 7.45. The van der Waals surface area contributed by atoms with Gasteiger partial charge >= 0.3 is 5.97 Å². The number of carbonyl (C=O) groups is 1. The molecule has 4 nitrogen and oxygen atoms in total. The first-order chi connectivity index (χ1) is 10.2. The number of methoxy groups -OCH3 is 1. The van der Waals surface area contributed by atoms with Gasteiger partial charge in [-0.25, -0.2) is 9.18 Å². The number of rotatable bonds is 2. The molecule has 1 fully saturated rings. The van der Waals surface area contributed by atoms with Gasteiger partial charge in [0.15, 0.2) is 0 Å². The van der Waals surface area contributed by atoms with Crippen LogP contribution in [0.15, 0.2) is 30.5 Å². The zero-order valence-electron chi connectivity index (χ0n) is 11.9. The first-order valence-electron chi connectivity index (χ1n) is 7.05. The summed E-state index contributed by atoms with van der Waals surface area (Å²) in [4.78, 5) is 18.3. The van der Waals surface area contributed by atoms with E-state index < -0.39 is 6.17 Å². The normalized spacial score (nSPS) is 16.2. The molecule has 0 atom stereocenters. The lowest BCUT2D eigenvalue weighted by Gasteiger charge is -2.30. The number of pyridine rings is 1. The Kier molecular flexibility index (Phi) is 3.73. The number of nitrogens with zero attached hydrogens (tertiary/aromatic N) is 2. The van der Waals surface area contributed by atoms with E-state index in [2.05, 4.69) is 9.88 Å². The van der Waals surface area contributed by atoms with Crippen LogP contribution in [0, 0.1) is 0 Å². The van der Waals surface area contributed by atoms with E-state index >= 15 is 0 Å². The minimum Gasteiger partial charge on any atom is -0.465 e. The Morgan fingerprint density at radius 1 is 1.33 bits per heavy atom. The average Bonchev–Trinajstić information content (AvgIpc) is 2.54. The number of piperidine rings is 1. The fraction of sp³-hybridized carbons (Fsp3) is 0.375. The number of carbonyl (C=O) groups excluding carboxylic acids is 1. The molecule has 0 spiro atoms. The van der Waals surface area contributed by atoms with Crippen molar-refractivity contribution in [3.8, 4) is 0 Å². The Morgan fingerprint density at radius 3 is 2.81 bits per heavy atom. The highest BCUT2D eigenvalue weighted by molar-refractivity contribution is 6.04. The van der Waals surface area contributed by atoms with Crippen LogP contribution in [0.5, 0.6) is 0 Å². The van der Waals surface area contributed by atoms with E-state index in [1.165, 1.54) is 7.11 Å². The lowest BCUT2D eigenvalue weighted by atomic mass is 10.1. The van der Waals surface area contributed by atoms with Crippen LogP contribution in [-0.4, -0.2) is 37.3 Å². The van der Waals surface area contributed by atoms with Crippen LogP contribution in [-0.2, 0) is 4.74 Å². The molecule has 1 aliphatic heterocycles. The van der Waals surface area contributed by atoms with Gasteiger partial charge < -0.3 is 9.64 Å². The number of alkyl halides is 1. The molecular formula is C16H17FN2O2. The Labute approximate surface area is 122 Å². The number of benzene rings is 1. The Hall–Kier alpha value is -2.17. The van der Waals surface area contributed by atoms with Gasteiger partial charge in [-0.3, -0.25) is 4.98 Å². The second-order valence-electron chi connectivity index (χ2n) is 5.21. The number of hydrogen-bond acceptors (Lipinski definition) is 4. The largest absolute Gasteiger partial charge is 0.465 e. The lowest BCUT2D eigenvalue weighted by molar-refractivity contribution is 0.0603. The van der Waals surface area contributed by atoms with Crippen LogP contribution >= 0.6 is 0 Å². The first-order valence-corrected chi connectivity index (χ1v) is 7.05. The molecule has 0 aliphatic carbocycles. The minimum absolute atomic E-state index is 0.373. The number of anilines is 1. The fourth-order valence-electron chi connectivity index (χ4n) is 2.73. The van der Waals surface area contributed by atoms with Crippen LogP contribution in [0.1, 0.15) is 23.2 Å². The van der Waals surface area contributed by atoms with Crippen molar-refractivity contribution in [1.29, 1.82) is 0 Å². The smallest absolute Gasteiger partial charge is 0.338 e. The van der Waals surface area contributed by atoms with Gasteiger partial charge in [-0.1, -0.05) is 0 Å². The summed E-state index contributed by atoms with van der Waals surface area (Å²) in [5.41, 5.74) is 2.25. The topological polar surface area (TPSA) is 42.4 Å². The van der Waals surface area contributed by atoms with Gasteiger partial charge in [0, 0.05) is 30.4 Å². The zero-order valence-corrected chi connectivity index (χ0v) is 11.9. The van der Waals surface area contributed by atoms with E-state index in [-0.39, 0.29) is 5.97 Å². The molecule has 1 saturated heterocycles. The lowest BCUT2D eigenvalue weighted by Crippen LogP contribution is -2.34. The molecule has 0 unspecified atom stereocenters. The number of esters is 1. The molecule has 0 radical (unpaired) electrons. The number of hydrogen-bond donors (Lipinski definition) is 0. The van der Waals surface area contributed by atoms with E-state index in [1.807, 2.05) is 18.2 Å². The standard InChI is InChI=1S/C16H17FN2O2/c1-21-16(20)13-4-7-18-15-3-2-12(10-14(13)15)19-8-5-11(17)6-9-19/h2-4,7,10-11H,5-6,8-9H2,1H3. The maximum Gasteiger partial charge on any atom is 0.338 e. The third-order valence-electron chi connectivity index (χ3n) is 3.92. The van der Waals surface area contributed by atoms with E-state index in [0.717, 1.165) is 16.6 Å². The monoisotopic (exact) mass is 288 g/mol. The van der Waals surface area contributed by atoms with Crippen molar-refractivity contribution in [3.05, 3.63) is 36.0 Å². The van der Waals surface area contributed by atoms with Gasteiger partial charge in [0.1, 0.15) is 6.17 Å². The summed E-state index contributed by atoms with van der Waals surface area (Å²) >= 11 is 0. The maximum atomic E-state index is 13.2. The van der Waals surface area contributed by atoms with Crippen LogP contribution in [0.4, 0.5) is 10.1 Å². The summed E-state index contributed by atoms with van der Waals surface area (Å²) in [5.74, 6) is -0.373. The van der Waals surface area contributed by atoms with E-state index in [4.69, 9.17) is 4.74 Å². The van der Waals surface area contributed by atoms with Crippen molar-refractivity contribution in [2.24, 2.45) is 0 Å². The summed E-state index contributed by atoms with van der Waals surface area (Å²) in [7, 11) is 1.37. The molecule has 1 aromatic carbocycles. The highest BCUT2D eigenvalue weighted by Crippen LogP contribution is 2.27. The molecule has 110 valence electrons. The molecule has 0 bridgehead atoms. The number of halogens is 1. The molecule has 3 rings (SSSR count). The molecule has 0 saturated carbocycles. The van der Waals surface area contributed by atoms with Crippen LogP contribution in [0.25, 0.3) is 10.9 Å². The predicted molar refractivity (Wildman–Crippen MR) is 79.4 cm³/mol. The summed E-state index contributed by atoms with van der Waals surface area (Å²) in [6.45, 7) is 1.39. The molecular weight excluding hydrogens is 271 g/mol. The van der Waals surface area contributed by atoms with Crippen molar-refractivity contribution in [2.75, 3.05) is 25.1 Å². The molecule has 5 heteroatoms. The molecule has 1 aliphatic rings. The molecule has 2 aromatic rings. The Morgan fingerprint density at radius 2 is 2.10 bits per heavy atom. The van der Waals surface area contributed by atoms with Gasteiger partial charge in [0.25, 0.3) is 0 Å². The van der Waals surface area contributed by atoms with Gasteiger partial charge in [0.2, 0.25) is 0 Å². The molecule has 1 aromatic heterocycles. The zero-order chi connectivity index (χ0) is 14.8. The highest BCUT2D eigenvalue weighted by Gasteiger charge is 2.19. The van der Waals surface area contributed by atoms with Crippen molar-refractivity contribution >= 4 is 22.6 Å². The molecule has 21 heavy (non-hydrogen) atoms. The number of ether oxygens (including phenoxy) is 1. The maximum absolute atomic E-state index is 13.2. The third kappa shape index (κ3) is 2.68. The van der Waals surface area contributed by atoms with Gasteiger partial charge in [-0.05, 0) is 37.1 Å². The predicted octanol–water partition coefficient (Wildman–Crippen LogP) is 2.96. The Bertz CT molecular complexity index is 666. The van der Waals surface area contributed by atoms with Gasteiger partial charge in [0.05, 0.1) is 18.2 Å². The van der Waals surface area contributed by atoms with Crippen LogP contribution < -0.4 is 4.90 Å². The van der Waals surface area contributed by atoms with Gasteiger partial charge in [-0.15, -0.1) is 0 Å². The molecule has 2 heterocycles. The van der Waals surface area contributed by atoms with Gasteiger partial charge in [-0.2, -0.15) is 0 Å². The van der Waals surface area contributed by atoms with Crippen molar-refractivity contribution in [3.63, 3.8) is 0 Å². The van der Waals surface area contributed by atoms with Crippen LogP contribution in [0.3, 0.4) is 0 Å².